The predicted molar refractivity (Wildman–Crippen MR) is 112 cm³/mol. The second-order valence-electron chi connectivity index (χ2n) is 8.00. The quantitative estimate of drug-likeness (QED) is 0.749. The Morgan fingerprint density at radius 2 is 2.00 bits per heavy atom. The molecule has 2 aliphatic rings. The molecule has 2 fully saturated rings. The van der Waals surface area contributed by atoms with Gasteiger partial charge in [0.1, 0.15) is 0 Å². The number of H-pyrrole nitrogens is 1. The predicted octanol–water partition coefficient (Wildman–Crippen LogP) is 3.31. The van der Waals surface area contributed by atoms with Crippen LogP contribution in [0.1, 0.15) is 44.1 Å². The summed E-state index contributed by atoms with van der Waals surface area (Å²) in [5, 5.41) is 0.733. The molecule has 1 aromatic heterocycles. The Labute approximate surface area is 170 Å². The number of thioether (sulfide) groups is 1. The van der Waals surface area contributed by atoms with Crippen molar-refractivity contribution in [3.05, 3.63) is 23.8 Å². The lowest BCUT2D eigenvalue weighted by atomic mass is 9.93. The second-order valence-corrected chi connectivity index (χ2v) is 11.2. The highest BCUT2D eigenvalue weighted by molar-refractivity contribution is 7.99. The van der Waals surface area contributed by atoms with Crippen LogP contribution in [0.3, 0.4) is 0 Å². The number of carbonyl (C=O) groups excluding carboxylic acids is 1. The molecule has 1 aliphatic carbocycles. The van der Waals surface area contributed by atoms with E-state index in [1.807, 2.05) is 30.0 Å². The Balaban J connectivity index is 1.48. The van der Waals surface area contributed by atoms with E-state index in [0.717, 1.165) is 47.4 Å². The fraction of sp³-hybridized carbons (Fsp3) is 0.600. The van der Waals surface area contributed by atoms with Crippen LogP contribution in [0.25, 0.3) is 11.0 Å². The zero-order chi connectivity index (χ0) is 19.7. The molecule has 1 N–H and O–H groups in total. The zero-order valence-corrected chi connectivity index (χ0v) is 17.8. The smallest absolute Gasteiger partial charge is 0.233 e. The maximum absolute atomic E-state index is 13.2. The number of nitrogens with one attached hydrogen (secondary N) is 1. The van der Waals surface area contributed by atoms with Crippen molar-refractivity contribution < 1.29 is 13.2 Å². The van der Waals surface area contributed by atoms with Gasteiger partial charge in [-0.25, -0.2) is 13.4 Å². The number of benzene rings is 1. The van der Waals surface area contributed by atoms with Crippen molar-refractivity contribution in [1.82, 2.24) is 14.9 Å². The Morgan fingerprint density at radius 3 is 2.71 bits per heavy atom. The summed E-state index contributed by atoms with van der Waals surface area (Å²) in [5.41, 5.74) is 3.03. The van der Waals surface area contributed by atoms with Gasteiger partial charge in [-0.15, -0.1) is 0 Å². The fourth-order valence-electron chi connectivity index (χ4n) is 4.43. The van der Waals surface area contributed by atoms with Crippen molar-refractivity contribution >= 4 is 38.5 Å². The number of carbonyl (C=O) groups is 1. The van der Waals surface area contributed by atoms with Gasteiger partial charge >= 0.3 is 0 Å². The molecule has 1 aromatic carbocycles. The van der Waals surface area contributed by atoms with E-state index < -0.39 is 9.84 Å². The number of amides is 1. The lowest BCUT2D eigenvalue weighted by molar-refractivity contribution is -0.133. The van der Waals surface area contributed by atoms with E-state index in [-0.39, 0.29) is 35.2 Å². The van der Waals surface area contributed by atoms with Crippen LogP contribution in [-0.2, 0) is 14.6 Å². The molecule has 0 spiro atoms. The average Bonchev–Trinajstić information content (AvgIpc) is 3.23. The van der Waals surface area contributed by atoms with Crippen LogP contribution in [0.4, 0.5) is 0 Å². The molecule has 0 bridgehead atoms. The number of sulfone groups is 1. The summed E-state index contributed by atoms with van der Waals surface area (Å²) in [6.45, 7) is 2.04. The van der Waals surface area contributed by atoms with Crippen molar-refractivity contribution in [2.75, 3.05) is 17.3 Å². The number of aryl methyl sites for hydroxylation is 1. The summed E-state index contributed by atoms with van der Waals surface area (Å²) < 4.78 is 24.0. The molecule has 28 heavy (non-hydrogen) atoms. The van der Waals surface area contributed by atoms with Gasteiger partial charge in [-0.05, 0) is 43.9 Å². The number of imidazole rings is 1. The monoisotopic (exact) mass is 421 g/mol. The van der Waals surface area contributed by atoms with Crippen molar-refractivity contribution in [3.8, 4) is 0 Å². The number of hydrogen-bond acceptors (Lipinski definition) is 5. The van der Waals surface area contributed by atoms with Crippen molar-refractivity contribution in [2.45, 2.75) is 62.7 Å². The second kappa shape index (κ2) is 8.06. The Bertz CT molecular complexity index is 964. The topological polar surface area (TPSA) is 83.1 Å². The van der Waals surface area contributed by atoms with Gasteiger partial charge in [0.2, 0.25) is 5.91 Å². The lowest BCUT2D eigenvalue weighted by Crippen LogP contribution is -2.49. The molecule has 8 heteroatoms. The van der Waals surface area contributed by atoms with Crippen LogP contribution < -0.4 is 0 Å². The first-order valence-electron chi connectivity index (χ1n) is 10.0. The third-order valence-electron chi connectivity index (χ3n) is 5.81. The molecule has 4 rings (SSSR count). The Hall–Kier alpha value is -1.54. The summed E-state index contributed by atoms with van der Waals surface area (Å²) in [5.74, 6) is 0.635. The first-order chi connectivity index (χ1) is 13.4. The van der Waals surface area contributed by atoms with E-state index >= 15 is 0 Å². The summed E-state index contributed by atoms with van der Waals surface area (Å²) in [6.07, 6.45) is 5.97. The van der Waals surface area contributed by atoms with Crippen LogP contribution in [0.2, 0.25) is 0 Å². The van der Waals surface area contributed by atoms with Gasteiger partial charge in [-0.2, -0.15) is 0 Å². The van der Waals surface area contributed by atoms with E-state index in [1.54, 1.807) is 0 Å². The molecule has 0 radical (unpaired) electrons. The minimum Gasteiger partial charge on any atom is -0.335 e. The van der Waals surface area contributed by atoms with Gasteiger partial charge < -0.3 is 9.88 Å². The van der Waals surface area contributed by atoms with Gasteiger partial charge in [-0.3, -0.25) is 4.79 Å². The molecule has 0 unspecified atom stereocenters. The largest absolute Gasteiger partial charge is 0.335 e. The minimum absolute atomic E-state index is 0.0376. The van der Waals surface area contributed by atoms with Crippen LogP contribution in [-0.4, -0.2) is 58.5 Å². The maximum atomic E-state index is 13.2. The van der Waals surface area contributed by atoms with E-state index in [9.17, 15) is 13.2 Å². The van der Waals surface area contributed by atoms with Crippen molar-refractivity contribution in [2.24, 2.45) is 0 Å². The normalized spacial score (nSPS) is 22.5. The summed E-state index contributed by atoms with van der Waals surface area (Å²) >= 11 is 1.40. The highest BCUT2D eigenvalue weighted by atomic mass is 32.2. The van der Waals surface area contributed by atoms with Crippen LogP contribution in [0.5, 0.6) is 0 Å². The van der Waals surface area contributed by atoms with E-state index in [2.05, 4.69) is 9.97 Å². The number of aromatic amines is 1. The zero-order valence-electron chi connectivity index (χ0n) is 16.2. The molecular weight excluding hydrogens is 394 g/mol. The first-order valence-corrected chi connectivity index (χ1v) is 12.8. The molecule has 1 aliphatic heterocycles. The molecule has 1 atom stereocenters. The highest BCUT2D eigenvalue weighted by Crippen LogP contribution is 2.30. The third kappa shape index (κ3) is 4.38. The number of fused-ring (bicyclic) bond motifs is 1. The molecule has 6 nitrogen and oxygen atoms in total. The van der Waals surface area contributed by atoms with E-state index in [0.29, 0.717) is 6.42 Å². The van der Waals surface area contributed by atoms with Gasteiger partial charge in [0.15, 0.2) is 15.0 Å². The average molecular weight is 422 g/mol. The summed E-state index contributed by atoms with van der Waals surface area (Å²) in [7, 11) is -3.02. The first kappa shape index (κ1) is 19.8. The number of aromatic nitrogens is 2. The SMILES string of the molecule is Cc1ccc2nc(SCC(=O)N(C3CCCCC3)[C@H]3CCS(=O)(=O)C3)[nH]c2c1. The number of nitrogens with zero attached hydrogens (tertiary/aromatic N) is 2. The molecule has 152 valence electrons. The Kier molecular flexibility index (Phi) is 5.69. The molecular formula is C20H27N3O3S2. The number of hydrogen-bond donors (Lipinski definition) is 1. The van der Waals surface area contributed by atoms with Crippen LogP contribution in [0.15, 0.2) is 23.4 Å². The van der Waals surface area contributed by atoms with Gasteiger partial charge in [0.25, 0.3) is 0 Å². The lowest BCUT2D eigenvalue weighted by Gasteiger charge is -2.38. The standard InChI is InChI=1S/C20H27N3O3S2/c1-14-7-8-17-18(11-14)22-20(21-17)27-12-19(24)23(15-5-3-2-4-6-15)16-9-10-28(25,26)13-16/h7-8,11,15-16H,2-6,9-10,12-13H2,1H3,(H,21,22)/t16-/m0/s1. The summed E-state index contributed by atoms with van der Waals surface area (Å²) in [6, 6.07) is 6.06. The number of rotatable bonds is 5. The molecule has 2 heterocycles. The van der Waals surface area contributed by atoms with Crippen molar-refractivity contribution in [1.29, 1.82) is 0 Å². The highest BCUT2D eigenvalue weighted by Gasteiger charge is 2.38. The fourth-order valence-corrected chi connectivity index (χ4v) is 6.90. The van der Waals surface area contributed by atoms with E-state index in [1.165, 1.54) is 18.2 Å². The molecule has 1 amide bonds. The van der Waals surface area contributed by atoms with Gasteiger partial charge in [0, 0.05) is 12.1 Å². The summed E-state index contributed by atoms with van der Waals surface area (Å²) in [4.78, 5) is 22.9. The Morgan fingerprint density at radius 1 is 1.21 bits per heavy atom. The maximum Gasteiger partial charge on any atom is 0.233 e. The third-order valence-corrected chi connectivity index (χ3v) is 8.41. The molecule has 1 saturated carbocycles. The molecule has 2 aromatic rings. The van der Waals surface area contributed by atoms with Gasteiger partial charge in [0.05, 0.1) is 28.3 Å². The van der Waals surface area contributed by atoms with Crippen molar-refractivity contribution in [3.63, 3.8) is 0 Å². The van der Waals surface area contributed by atoms with Crippen LogP contribution >= 0.6 is 11.8 Å². The van der Waals surface area contributed by atoms with E-state index in [4.69, 9.17) is 0 Å². The molecule has 1 saturated heterocycles. The van der Waals surface area contributed by atoms with Crippen LogP contribution in [0, 0.1) is 6.92 Å². The van der Waals surface area contributed by atoms with Gasteiger partial charge in [-0.1, -0.05) is 37.1 Å². The minimum atomic E-state index is -3.02.